The van der Waals surface area contributed by atoms with E-state index < -0.39 is 17.0 Å². The van der Waals surface area contributed by atoms with Crippen molar-refractivity contribution in [1.29, 1.82) is 0 Å². The number of rotatable bonds is 5. The third-order valence-electron chi connectivity index (χ3n) is 4.86. The van der Waals surface area contributed by atoms with Gasteiger partial charge in [0.15, 0.2) is 5.60 Å². The highest BCUT2D eigenvalue weighted by Gasteiger charge is 2.56. The van der Waals surface area contributed by atoms with Gasteiger partial charge in [-0.2, -0.15) is 0 Å². The number of hydrogen-bond acceptors (Lipinski definition) is 3. The highest BCUT2D eigenvalue weighted by Crippen LogP contribution is 2.48. The normalized spacial score (nSPS) is 13.7. The summed E-state index contributed by atoms with van der Waals surface area (Å²) >= 11 is 0. The highest BCUT2D eigenvalue weighted by molar-refractivity contribution is 7.10. The summed E-state index contributed by atoms with van der Waals surface area (Å²) in [5, 5.41) is 11.6. The lowest BCUT2D eigenvalue weighted by Gasteiger charge is -2.45. The van der Waals surface area contributed by atoms with Crippen LogP contribution in [-0.2, 0) is 14.7 Å². The molecule has 0 saturated heterocycles. The molecule has 3 aromatic carbocycles. The van der Waals surface area contributed by atoms with Gasteiger partial charge in [0.1, 0.15) is 0 Å². The van der Waals surface area contributed by atoms with E-state index in [0.717, 1.165) is 16.7 Å². The lowest BCUT2D eigenvalue weighted by Crippen LogP contribution is -2.56. The second-order valence-corrected chi connectivity index (χ2v) is 6.56. The SMILES string of the molecule is C[C@@](O)(C(=O)OP)C(c1ccccc1)(c1ccccc1)c1ccccc1. The van der Waals surface area contributed by atoms with Crippen LogP contribution >= 0.6 is 9.47 Å². The van der Waals surface area contributed by atoms with Crippen LogP contribution in [0, 0.1) is 0 Å². The zero-order chi connectivity index (χ0) is 18.6. The summed E-state index contributed by atoms with van der Waals surface area (Å²) in [6.45, 7) is 1.51. The molecule has 0 fully saturated rings. The first-order valence-corrected chi connectivity index (χ1v) is 8.82. The van der Waals surface area contributed by atoms with Gasteiger partial charge in [-0.3, -0.25) is 0 Å². The summed E-state index contributed by atoms with van der Waals surface area (Å²) < 4.78 is 4.91. The Kier molecular flexibility index (Phi) is 5.22. The average Bonchev–Trinajstić information content (AvgIpc) is 2.70. The molecule has 0 aliphatic carbocycles. The van der Waals surface area contributed by atoms with Crippen LogP contribution in [0.2, 0.25) is 0 Å². The van der Waals surface area contributed by atoms with Gasteiger partial charge in [0.05, 0.1) is 14.9 Å². The molecule has 0 aromatic heterocycles. The Morgan fingerprint density at radius 2 is 1.08 bits per heavy atom. The molecule has 0 radical (unpaired) electrons. The van der Waals surface area contributed by atoms with Gasteiger partial charge in [-0.15, -0.1) is 0 Å². The lowest BCUT2D eigenvalue weighted by atomic mass is 9.60. The molecular formula is C22H21O3P. The number of benzene rings is 3. The van der Waals surface area contributed by atoms with E-state index in [4.69, 9.17) is 4.52 Å². The standard InChI is InChI=1S/C22H21O3P/c1-21(24,20(23)25-26)22(17-11-5-2-6-12-17,18-13-7-3-8-14-18)19-15-9-4-10-16-19/h2-16,24H,26H2,1H3/t21-/m1/s1. The maximum atomic E-state index is 12.7. The van der Waals surface area contributed by atoms with Gasteiger partial charge in [-0.25, -0.2) is 4.79 Å². The van der Waals surface area contributed by atoms with Gasteiger partial charge >= 0.3 is 5.97 Å². The molecule has 1 N–H and O–H groups in total. The van der Waals surface area contributed by atoms with Crippen molar-refractivity contribution < 1.29 is 14.4 Å². The second kappa shape index (κ2) is 7.41. The molecule has 4 heteroatoms. The molecule has 3 nitrogen and oxygen atoms in total. The topological polar surface area (TPSA) is 46.5 Å². The Bertz CT molecular complexity index is 765. The first-order valence-electron chi connectivity index (χ1n) is 8.35. The van der Waals surface area contributed by atoms with Crippen molar-refractivity contribution in [1.82, 2.24) is 0 Å². The maximum absolute atomic E-state index is 12.7. The smallest absolute Gasteiger partial charge is 0.341 e. The van der Waals surface area contributed by atoms with Gasteiger partial charge in [0.2, 0.25) is 0 Å². The van der Waals surface area contributed by atoms with Crippen LogP contribution in [0.15, 0.2) is 91.0 Å². The van der Waals surface area contributed by atoms with Gasteiger partial charge in [-0.1, -0.05) is 91.0 Å². The fourth-order valence-electron chi connectivity index (χ4n) is 3.68. The Labute approximate surface area is 155 Å². The largest absolute Gasteiger partial charge is 0.449 e. The molecule has 2 atom stereocenters. The first-order chi connectivity index (χ1) is 12.5. The van der Waals surface area contributed by atoms with Gasteiger partial charge < -0.3 is 9.63 Å². The number of carbonyl (C=O) groups excluding carboxylic acids is 1. The number of hydrogen-bond donors (Lipinski definition) is 1. The molecule has 0 heterocycles. The average molecular weight is 364 g/mol. The van der Waals surface area contributed by atoms with E-state index in [1.54, 1.807) is 0 Å². The van der Waals surface area contributed by atoms with Crippen molar-refractivity contribution in [2.75, 3.05) is 0 Å². The third kappa shape index (κ3) is 2.84. The third-order valence-corrected chi connectivity index (χ3v) is 5.07. The second-order valence-electron chi connectivity index (χ2n) is 6.33. The van der Waals surface area contributed by atoms with E-state index in [0.29, 0.717) is 0 Å². The molecule has 132 valence electrons. The summed E-state index contributed by atoms with van der Waals surface area (Å²) in [6.07, 6.45) is 0. The number of carbonyl (C=O) groups is 1. The summed E-state index contributed by atoms with van der Waals surface area (Å²) in [6, 6.07) is 28.7. The molecule has 3 rings (SSSR count). The molecule has 1 unspecified atom stereocenters. The van der Waals surface area contributed by atoms with E-state index in [9.17, 15) is 9.90 Å². The molecular weight excluding hydrogens is 343 g/mol. The maximum Gasteiger partial charge on any atom is 0.341 e. The predicted octanol–water partition coefficient (Wildman–Crippen LogP) is 4.11. The summed E-state index contributed by atoms with van der Waals surface area (Å²) in [4.78, 5) is 12.7. The van der Waals surface area contributed by atoms with Crippen LogP contribution in [0.5, 0.6) is 0 Å². The number of aliphatic hydroxyl groups is 1. The van der Waals surface area contributed by atoms with E-state index >= 15 is 0 Å². The molecule has 0 bridgehead atoms. The van der Waals surface area contributed by atoms with Crippen LogP contribution in [0.3, 0.4) is 0 Å². The molecule has 3 aromatic rings. The van der Waals surface area contributed by atoms with Crippen molar-refractivity contribution in [2.45, 2.75) is 17.9 Å². The van der Waals surface area contributed by atoms with Gasteiger partial charge in [0.25, 0.3) is 0 Å². The lowest BCUT2D eigenvalue weighted by molar-refractivity contribution is -0.156. The first kappa shape index (κ1) is 18.3. The highest BCUT2D eigenvalue weighted by atomic mass is 31.0. The fourth-order valence-corrected chi connectivity index (χ4v) is 3.90. The fraction of sp³-hybridized carbons (Fsp3) is 0.136. The zero-order valence-electron chi connectivity index (χ0n) is 14.5. The van der Waals surface area contributed by atoms with Crippen LogP contribution < -0.4 is 0 Å². The summed E-state index contributed by atoms with van der Waals surface area (Å²) in [7, 11) is 1.94. The van der Waals surface area contributed by atoms with E-state index in [2.05, 4.69) is 0 Å². The van der Waals surface area contributed by atoms with Crippen molar-refractivity contribution in [2.24, 2.45) is 0 Å². The van der Waals surface area contributed by atoms with Crippen molar-refractivity contribution in [3.05, 3.63) is 108 Å². The predicted molar refractivity (Wildman–Crippen MR) is 106 cm³/mol. The van der Waals surface area contributed by atoms with Crippen LogP contribution in [0.25, 0.3) is 0 Å². The molecule has 26 heavy (non-hydrogen) atoms. The minimum absolute atomic E-state index is 0.723. The molecule has 0 aliphatic rings. The van der Waals surface area contributed by atoms with Crippen molar-refractivity contribution >= 4 is 15.4 Å². The molecule has 0 saturated carbocycles. The van der Waals surface area contributed by atoms with E-state index in [-0.39, 0.29) is 0 Å². The van der Waals surface area contributed by atoms with Crippen molar-refractivity contribution in [3.8, 4) is 0 Å². The van der Waals surface area contributed by atoms with Crippen LogP contribution in [-0.4, -0.2) is 16.7 Å². The molecule has 0 aliphatic heterocycles. The summed E-state index contributed by atoms with van der Waals surface area (Å²) in [5.74, 6) is -0.723. The monoisotopic (exact) mass is 364 g/mol. The van der Waals surface area contributed by atoms with Crippen LogP contribution in [0.4, 0.5) is 0 Å². The molecule has 0 amide bonds. The Morgan fingerprint density at radius 1 is 0.769 bits per heavy atom. The zero-order valence-corrected chi connectivity index (χ0v) is 15.7. The van der Waals surface area contributed by atoms with Gasteiger partial charge in [0, 0.05) is 0 Å². The molecule has 0 spiro atoms. The van der Waals surface area contributed by atoms with Crippen LogP contribution in [0.1, 0.15) is 23.6 Å². The van der Waals surface area contributed by atoms with Crippen molar-refractivity contribution in [3.63, 3.8) is 0 Å². The Balaban J connectivity index is 2.46. The summed E-state index contributed by atoms with van der Waals surface area (Å²) in [5.41, 5.74) is -0.572. The Morgan fingerprint density at radius 3 is 1.35 bits per heavy atom. The van der Waals surface area contributed by atoms with Gasteiger partial charge in [-0.05, 0) is 23.6 Å². The Hall–Kier alpha value is -2.48. The van der Waals surface area contributed by atoms with E-state index in [1.165, 1.54) is 6.92 Å². The van der Waals surface area contributed by atoms with E-state index in [1.807, 2.05) is 100 Å². The minimum atomic E-state index is -1.85. The quantitative estimate of drug-likeness (QED) is 0.548. The minimum Gasteiger partial charge on any atom is -0.449 e.